The summed E-state index contributed by atoms with van der Waals surface area (Å²) in [5.74, 6) is -0.655. The zero-order valence-electron chi connectivity index (χ0n) is 17.7. The number of amides is 1. The quantitative estimate of drug-likeness (QED) is 0.433. The molecule has 1 aliphatic heterocycles. The van der Waals surface area contributed by atoms with Gasteiger partial charge in [-0.2, -0.15) is 20.0 Å². The van der Waals surface area contributed by atoms with Crippen molar-refractivity contribution in [3.8, 4) is 22.8 Å². The third kappa shape index (κ3) is 4.09. The summed E-state index contributed by atoms with van der Waals surface area (Å²) >= 11 is 0. The molecule has 12 heteroatoms. The van der Waals surface area contributed by atoms with Crippen LogP contribution in [0.1, 0.15) is 34.3 Å². The number of benzene rings is 2. The standard InChI is InChI=1S/C22H17F3N6O3/c1-13-6-7-14(17(12-13)31-26-9-10-27-31)21(32)30-11-8-16(30)20-28-19(29-34-20)15-4-2-3-5-18(15)33-22(23,24)25/h2-7,9-10,12,16H,8,11H2,1H3/t16-/m0/s1. The van der Waals surface area contributed by atoms with Crippen molar-refractivity contribution in [2.45, 2.75) is 25.7 Å². The van der Waals surface area contributed by atoms with Gasteiger partial charge >= 0.3 is 6.36 Å². The van der Waals surface area contributed by atoms with Crippen LogP contribution in [0.25, 0.3) is 17.1 Å². The maximum atomic E-state index is 13.3. The van der Waals surface area contributed by atoms with Gasteiger partial charge in [-0.1, -0.05) is 23.4 Å². The molecule has 0 unspecified atom stereocenters. The van der Waals surface area contributed by atoms with Gasteiger partial charge in [0.05, 0.1) is 29.2 Å². The predicted molar refractivity (Wildman–Crippen MR) is 111 cm³/mol. The third-order valence-electron chi connectivity index (χ3n) is 5.38. The monoisotopic (exact) mass is 470 g/mol. The van der Waals surface area contributed by atoms with Gasteiger partial charge in [-0.25, -0.2) is 0 Å². The number of alkyl halides is 3. The molecule has 34 heavy (non-hydrogen) atoms. The second kappa shape index (κ2) is 8.28. The van der Waals surface area contributed by atoms with Gasteiger partial charge in [-0.05, 0) is 43.2 Å². The number of carbonyl (C=O) groups excluding carboxylic acids is 1. The van der Waals surface area contributed by atoms with Gasteiger partial charge in [0.1, 0.15) is 11.8 Å². The van der Waals surface area contributed by atoms with Crippen molar-refractivity contribution in [1.29, 1.82) is 0 Å². The van der Waals surface area contributed by atoms with Crippen LogP contribution in [0.4, 0.5) is 13.2 Å². The number of halogens is 3. The maximum Gasteiger partial charge on any atom is 0.573 e. The SMILES string of the molecule is Cc1ccc(C(=O)N2CC[C@H]2c2nc(-c3ccccc3OC(F)(F)F)no2)c(-n2nccn2)c1. The maximum absolute atomic E-state index is 13.3. The molecule has 1 saturated heterocycles. The molecule has 0 N–H and O–H groups in total. The average Bonchev–Trinajstić information content (AvgIpc) is 3.45. The fraction of sp³-hybridized carbons (Fsp3) is 0.227. The summed E-state index contributed by atoms with van der Waals surface area (Å²) in [6.07, 6.45) is -1.27. The highest BCUT2D eigenvalue weighted by atomic mass is 19.4. The molecule has 0 saturated carbocycles. The number of para-hydroxylation sites is 1. The summed E-state index contributed by atoms with van der Waals surface area (Å²) in [7, 11) is 0. The van der Waals surface area contributed by atoms with E-state index in [9.17, 15) is 18.0 Å². The highest BCUT2D eigenvalue weighted by molar-refractivity contribution is 5.98. The minimum absolute atomic E-state index is 0.0256. The number of aryl methyl sites for hydroxylation is 1. The highest BCUT2D eigenvalue weighted by Crippen LogP contribution is 2.37. The second-order valence-corrected chi connectivity index (χ2v) is 7.64. The third-order valence-corrected chi connectivity index (χ3v) is 5.38. The number of likely N-dealkylation sites (tertiary alicyclic amines) is 1. The Hall–Kier alpha value is -4.22. The Morgan fingerprint density at radius 2 is 1.91 bits per heavy atom. The molecule has 1 amide bonds. The van der Waals surface area contributed by atoms with Gasteiger partial charge in [0, 0.05) is 6.54 Å². The van der Waals surface area contributed by atoms with Crippen molar-refractivity contribution in [3.63, 3.8) is 0 Å². The Kier molecular flexibility index (Phi) is 5.27. The summed E-state index contributed by atoms with van der Waals surface area (Å²) in [6.45, 7) is 2.35. The Bertz CT molecular complexity index is 1340. The fourth-order valence-corrected chi connectivity index (χ4v) is 3.72. The summed E-state index contributed by atoms with van der Waals surface area (Å²) < 4.78 is 47.7. The molecule has 5 rings (SSSR count). The summed E-state index contributed by atoms with van der Waals surface area (Å²) in [5.41, 5.74) is 1.89. The van der Waals surface area contributed by atoms with Crippen LogP contribution in [0.3, 0.4) is 0 Å². The van der Waals surface area contributed by atoms with Gasteiger partial charge in [0.2, 0.25) is 11.7 Å². The van der Waals surface area contributed by atoms with E-state index in [-0.39, 0.29) is 23.2 Å². The van der Waals surface area contributed by atoms with Crippen molar-refractivity contribution in [1.82, 2.24) is 30.0 Å². The first-order chi connectivity index (χ1) is 16.3. The number of nitrogens with zero attached hydrogens (tertiary/aromatic N) is 6. The van der Waals surface area contributed by atoms with Crippen LogP contribution in [0.15, 0.2) is 59.4 Å². The molecule has 2 aromatic carbocycles. The van der Waals surface area contributed by atoms with Crippen molar-refractivity contribution in [2.24, 2.45) is 0 Å². The van der Waals surface area contributed by atoms with Crippen molar-refractivity contribution in [2.75, 3.05) is 6.54 Å². The van der Waals surface area contributed by atoms with E-state index in [1.165, 1.54) is 41.5 Å². The van der Waals surface area contributed by atoms with Gasteiger partial charge < -0.3 is 14.2 Å². The summed E-state index contributed by atoms with van der Waals surface area (Å²) in [4.78, 5) is 20.5. The number of ether oxygens (including phenoxy) is 1. The van der Waals surface area contributed by atoms with Crippen LogP contribution in [0.2, 0.25) is 0 Å². The van der Waals surface area contributed by atoms with Crippen LogP contribution < -0.4 is 4.74 Å². The molecular weight excluding hydrogens is 453 g/mol. The smallest absolute Gasteiger partial charge is 0.405 e. The Morgan fingerprint density at radius 1 is 1.15 bits per heavy atom. The van der Waals surface area contributed by atoms with Crippen molar-refractivity contribution >= 4 is 5.91 Å². The largest absolute Gasteiger partial charge is 0.573 e. The first kappa shape index (κ1) is 21.6. The molecule has 4 aromatic rings. The zero-order chi connectivity index (χ0) is 23.9. The first-order valence-corrected chi connectivity index (χ1v) is 10.3. The predicted octanol–water partition coefficient (Wildman–Crippen LogP) is 4.11. The number of carbonyl (C=O) groups is 1. The molecule has 0 aliphatic carbocycles. The van der Waals surface area contributed by atoms with Crippen molar-refractivity contribution < 1.29 is 27.2 Å². The minimum atomic E-state index is -4.87. The molecule has 9 nitrogen and oxygen atoms in total. The topological polar surface area (TPSA) is 99.2 Å². The van der Waals surface area contributed by atoms with Crippen LogP contribution in [-0.2, 0) is 0 Å². The lowest BCUT2D eigenvalue weighted by Gasteiger charge is -2.38. The van der Waals surface area contributed by atoms with Gasteiger partial charge in [-0.15, -0.1) is 13.2 Å². The number of aromatic nitrogens is 5. The summed E-state index contributed by atoms with van der Waals surface area (Å²) in [6, 6.07) is 10.3. The molecular formula is C22H17F3N6O3. The second-order valence-electron chi connectivity index (χ2n) is 7.64. The Balaban J connectivity index is 1.41. The molecule has 0 bridgehead atoms. The van der Waals surface area contributed by atoms with E-state index in [1.54, 1.807) is 11.0 Å². The Morgan fingerprint density at radius 3 is 2.62 bits per heavy atom. The molecule has 174 valence electrons. The van der Waals surface area contributed by atoms with Gasteiger partial charge in [0.15, 0.2) is 0 Å². The van der Waals surface area contributed by atoms with E-state index in [2.05, 4.69) is 25.1 Å². The lowest BCUT2D eigenvalue weighted by molar-refractivity contribution is -0.274. The van der Waals surface area contributed by atoms with Crippen LogP contribution in [-0.4, -0.2) is 48.8 Å². The van der Waals surface area contributed by atoms with Crippen LogP contribution in [0.5, 0.6) is 5.75 Å². The van der Waals surface area contributed by atoms with E-state index < -0.39 is 18.2 Å². The summed E-state index contributed by atoms with van der Waals surface area (Å²) in [5, 5.41) is 12.1. The lowest BCUT2D eigenvalue weighted by atomic mass is 9.99. The molecule has 1 aliphatic rings. The van der Waals surface area contributed by atoms with E-state index in [0.29, 0.717) is 24.2 Å². The van der Waals surface area contributed by atoms with Crippen LogP contribution in [0, 0.1) is 6.92 Å². The molecule has 0 radical (unpaired) electrons. The van der Waals surface area contributed by atoms with Crippen LogP contribution >= 0.6 is 0 Å². The molecule has 0 spiro atoms. The highest BCUT2D eigenvalue weighted by Gasteiger charge is 2.39. The van der Waals surface area contributed by atoms with E-state index in [4.69, 9.17) is 4.52 Å². The molecule has 1 fully saturated rings. The first-order valence-electron chi connectivity index (χ1n) is 10.3. The van der Waals surface area contributed by atoms with E-state index in [1.807, 2.05) is 19.1 Å². The van der Waals surface area contributed by atoms with Gasteiger partial charge in [0.25, 0.3) is 5.91 Å². The fourth-order valence-electron chi connectivity index (χ4n) is 3.72. The number of hydrogen-bond acceptors (Lipinski definition) is 7. The normalized spacial score (nSPS) is 15.8. The number of rotatable bonds is 5. The lowest BCUT2D eigenvalue weighted by Crippen LogP contribution is -2.45. The molecule has 1 atom stereocenters. The average molecular weight is 470 g/mol. The minimum Gasteiger partial charge on any atom is -0.405 e. The van der Waals surface area contributed by atoms with E-state index >= 15 is 0 Å². The molecule has 3 heterocycles. The van der Waals surface area contributed by atoms with Gasteiger partial charge in [-0.3, -0.25) is 4.79 Å². The Labute approximate surface area is 190 Å². The molecule has 2 aromatic heterocycles. The number of hydrogen-bond donors (Lipinski definition) is 0. The van der Waals surface area contributed by atoms with Crippen molar-refractivity contribution in [3.05, 3.63) is 71.9 Å². The zero-order valence-corrected chi connectivity index (χ0v) is 17.7. The van der Waals surface area contributed by atoms with E-state index in [0.717, 1.165) is 5.56 Å².